The zero-order valence-corrected chi connectivity index (χ0v) is 29.3. The summed E-state index contributed by atoms with van der Waals surface area (Å²) in [5.41, 5.74) is 0. The first-order chi connectivity index (χ1) is 20.7. The Morgan fingerprint density at radius 3 is 0.667 bits per heavy atom. The molecule has 0 aliphatic carbocycles. The molecule has 0 aliphatic rings. The van der Waals surface area contributed by atoms with E-state index in [0.717, 1.165) is 25.7 Å². The molecule has 0 heterocycles. The monoisotopic (exact) mass is 592 g/mol. The van der Waals surface area contributed by atoms with Gasteiger partial charge in [0.15, 0.2) is 0 Å². The molecule has 0 bridgehead atoms. The SMILES string of the molecule is CCCCCCCCCCCCCCCCCCCCC(CCCCCCCCCCCCCCCCCC)C(=O)[O-]. The predicted octanol–water partition coefficient (Wildman–Crippen LogP) is 13.4. The van der Waals surface area contributed by atoms with Crippen molar-refractivity contribution in [2.75, 3.05) is 0 Å². The van der Waals surface area contributed by atoms with Crippen molar-refractivity contribution in [1.29, 1.82) is 0 Å². The van der Waals surface area contributed by atoms with Crippen molar-refractivity contribution in [3.63, 3.8) is 0 Å². The molecule has 0 radical (unpaired) electrons. The van der Waals surface area contributed by atoms with Crippen molar-refractivity contribution in [3.05, 3.63) is 0 Å². The quantitative estimate of drug-likeness (QED) is 0.0674. The number of rotatable bonds is 37. The van der Waals surface area contributed by atoms with Crippen LogP contribution in [0, 0.1) is 5.92 Å². The van der Waals surface area contributed by atoms with E-state index in [1.54, 1.807) is 0 Å². The van der Waals surface area contributed by atoms with Crippen LogP contribution in [0.15, 0.2) is 0 Å². The van der Waals surface area contributed by atoms with E-state index in [-0.39, 0.29) is 5.92 Å². The van der Waals surface area contributed by atoms with E-state index >= 15 is 0 Å². The number of carboxylic acid groups (broad SMARTS) is 1. The van der Waals surface area contributed by atoms with Crippen LogP contribution in [-0.2, 0) is 4.79 Å². The van der Waals surface area contributed by atoms with E-state index in [4.69, 9.17) is 0 Å². The Morgan fingerprint density at radius 1 is 0.333 bits per heavy atom. The highest BCUT2D eigenvalue weighted by molar-refractivity contribution is 5.67. The van der Waals surface area contributed by atoms with Crippen LogP contribution in [0.3, 0.4) is 0 Å². The van der Waals surface area contributed by atoms with Gasteiger partial charge in [-0.15, -0.1) is 0 Å². The van der Waals surface area contributed by atoms with Gasteiger partial charge in [-0.2, -0.15) is 0 Å². The molecular formula is C40H79O2-. The standard InChI is InChI=1S/C40H80O2/c1-3-5-7-9-11-13-15-17-19-21-22-24-26-28-30-32-34-36-38-39(40(41)42)37-35-33-31-29-27-25-23-20-18-16-14-12-10-8-6-4-2/h39H,3-38H2,1-2H3,(H,41,42)/p-1. The van der Waals surface area contributed by atoms with Crippen molar-refractivity contribution in [1.82, 2.24) is 0 Å². The molecule has 0 saturated carbocycles. The normalized spacial score (nSPS) is 12.2. The summed E-state index contributed by atoms with van der Waals surface area (Å²) in [6, 6.07) is 0. The molecule has 0 N–H and O–H groups in total. The average molecular weight is 592 g/mol. The Hall–Kier alpha value is -0.530. The fraction of sp³-hybridized carbons (Fsp3) is 0.975. The summed E-state index contributed by atoms with van der Waals surface area (Å²) in [6.07, 6.45) is 48.2. The van der Waals surface area contributed by atoms with Gasteiger partial charge in [-0.3, -0.25) is 0 Å². The third kappa shape index (κ3) is 34.0. The van der Waals surface area contributed by atoms with Crippen molar-refractivity contribution in [2.24, 2.45) is 5.92 Å². The first-order valence-corrected chi connectivity index (χ1v) is 19.9. The van der Waals surface area contributed by atoms with Gasteiger partial charge in [0.1, 0.15) is 0 Å². The molecular weight excluding hydrogens is 512 g/mol. The zero-order chi connectivity index (χ0) is 30.6. The second-order valence-electron chi connectivity index (χ2n) is 13.9. The third-order valence-electron chi connectivity index (χ3n) is 9.65. The number of hydrogen-bond acceptors (Lipinski definition) is 2. The maximum atomic E-state index is 11.6. The lowest BCUT2D eigenvalue weighted by Crippen LogP contribution is -2.31. The Morgan fingerprint density at radius 2 is 0.500 bits per heavy atom. The lowest BCUT2D eigenvalue weighted by atomic mass is 9.94. The summed E-state index contributed by atoms with van der Waals surface area (Å²) in [7, 11) is 0. The van der Waals surface area contributed by atoms with E-state index < -0.39 is 5.97 Å². The second kappa shape index (κ2) is 36.7. The highest BCUT2D eigenvalue weighted by Gasteiger charge is 2.09. The molecule has 2 nitrogen and oxygen atoms in total. The van der Waals surface area contributed by atoms with Crippen LogP contribution < -0.4 is 5.11 Å². The van der Waals surface area contributed by atoms with Crippen LogP contribution in [0.4, 0.5) is 0 Å². The second-order valence-corrected chi connectivity index (χ2v) is 13.9. The van der Waals surface area contributed by atoms with Gasteiger partial charge >= 0.3 is 0 Å². The summed E-state index contributed by atoms with van der Waals surface area (Å²) in [5, 5.41) is 11.6. The third-order valence-corrected chi connectivity index (χ3v) is 9.65. The first-order valence-electron chi connectivity index (χ1n) is 19.9. The minimum Gasteiger partial charge on any atom is -0.550 e. The number of carbonyl (C=O) groups excluding carboxylic acids is 1. The summed E-state index contributed by atoms with van der Waals surface area (Å²) in [6.45, 7) is 4.58. The molecule has 252 valence electrons. The molecule has 2 heteroatoms. The van der Waals surface area contributed by atoms with Crippen LogP contribution in [0.1, 0.15) is 245 Å². The van der Waals surface area contributed by atoms with Crippen molar-refractivity contribution >= 4 is 5.97 Å². The Balaban J connectivity index is 3.36. The lowest BCUT2D eigenvalue weighted by molar-refractivity contribution is -0.312. The molecule has 0 amide bonds. The molecule has 0 aromatic heterocycles. The van der Waals surface area contributed by atoms with Gasteiger partial charge in [-0.1, -0.05) is 232 Å². The minimum atomic E-state index is -0.803. The number of carboxylic acids is 1. The van der Waals surface area contributed by atoms with Crippen molar-refractivity contribution in [3.8, 4) is 0 Å². The molecule has 0 rings (SSSR count). The van der Waals surface area contributed by atoms with Gasteiger partial charge < -0.3 is 9.90 Å². The van der Waals surface area contributed by atoms with E-state index in [1.807, 2.05) is 0 Å². The van der Waals surface area contributed by atoms with Crippen molar-refractivity contribution in [2.45, 2.75) is 245 Å². The molecule has 0 fully saturated rings. The number of unbranched alkanes of at least 4 members (excludes halogenated alkanes) is 32. The average Bonchev–Trinajstić information content (AvgIpc) is 2.99. The topological polar surface area (TPSA) is 40.1 Å². The highest BCUT2D eigenvalue weighted by atomic mass is 16.4. The van der Waals surface area contributed by atoms with Crippen LogP contribution in [0.5, 0.6) is 0 Å². The van der Waals surface area contributed by atoms with Crippen molar-refractivity contribution < 1.29 is 9.90 Å². The number of aliphatic carboxylic acids is 1. The van der Waals surface area contributed by atoms with E-state index in [0.29, 0.717) is 0 Å². The maximum absolute atomic E-state index is 11.6. The first kappa shape index (κ1) is 41.5. The molecule has 0 saturated heterocycles. The molecule has 1 unspecified atom stereocenters. The van der Waals surface area contributed by atoms with Gasteiger partial charge in [0, 0.05) is 5.97 Å². The van der Waals surface area contributed by atoms with Crippen LogP contribution in [0.25, 0.3) is 0 Å². The Bertz CT molecular complexity index is 502. The van der Waals surface area contributed by atoms with Gasteiger partial charge in [-0.05, 0) is 18.8 Å². The summed E-state index contributed by atoms with van der Waals surface area (Å²) >= 11 is 0. The molecule has 0 aliphatic heterocycles. The minimum absolute atomic E-state index is 0.210. The van der Waals surface area contributed by atoms with Crippen LogP contribution >= 0.6 is 0 Å². The van der Waals surface area contributed by atoms with Gasteiger partial charge in [0.05, 0.1) is 0 Å². The van der Waals surface area contributed by atoms with E-state index in [9.17, 15) is 9.90 Å². The lowest BCUT2D eigenvalue weighted by Gasteiger charge is -2.17. The fourth-order valence-corrected chi connectivity index (χ4v) is 6.61. The largest absolute Gasteiger partial charge is 0.550 e. The summed E-state index contributed by atoms with van der Waals surface area (Å²) < 4.78 is 0. The van der Waals surface area contributed by atoms with Gasteiger partial charge in [0.2, 0.25) is 0 Å². The van der Waals surface area contributed by atoms with Gasteiger partial charge in [-0.25, -0.2) is 0 Å². The maximum Gasteiger partial charge on any atom is 0.0445 e. The van der Waals surface area contributed by atoms with Crippen LogP contribution in [0.2, 0.25) is 0 Å². The summed E-state index contributed by atoms with van der Waals surface area (Å²) in [4.78, 5) is 11.6. The number of hydrogen-bond donors (Lipinski definition) is 0. The fourth-order valence-electron chi connectivity index (χ4n) is 6.61. The molecule has 0 aromatic carbocycles. The van der Waals surface area contributed by atoms with Crippen LogP contribution in [-0.4, -0.2) is 5.97 Å². The molecule has 0 spiro atoms. The van der Waals surface area contributed by atoms with E-state index in [2.05, 4.69) is 13.8 Å². The number of carbonyl (C=O) groups is 1. The van der Waals surface area contributed by atoms with Gasteiger partial charge in [0.25, 0.3) is 0 Å². The Labute approximate surface area is 266 Å². The summed E-state index contributed by atoms with van der Waals surface area (Å²) in [5.74, 6) is -1.01. The van der Waals surface area contributed by atoms with E-state index in [1.165, 1.54) is 205 Å². The highest BCUT2D eigenvalue weighted by Crippen LogP contribution is 2.20. The zero-order valence-electron chi connectivity index (χ0n) is 29.3. The Kier molecular flexibility index (Phi) is 36.2. The smallest absolute Gasteiger partial charge is 0.0445 e. The molecule has 0 aromatic rings. The molecule has 1 atom stereocenters. The molecule has 42 heavy (non-hydrogen) atoms. The predicted molar refractivity (Wildman–Crippen MR) is 186 cm³/mol.